The fourth-order valence-electron chi connectivity index (χ4n) is 5.82. The van der Waals surface area contributed by atoms with Crippen molar-refractivity contribution in [2.24, 2.45) is 0 Å². The summed E-state index contributed by atoms with van der Waals surface area (Å²) in [4.78, 5) is 16.3. The molecule has 6 nitrogen and oxygen atoms in total. The first kappa shape index (κ1) is 23.8. The molecule has 2 unspecified atom stereocenters. The van der Waals surface area contributed by atoms with Gasteiger partial charge in [0.25, 0.3) is 5.91 Å². The highest BCUT2D eigenvalue weighted by Gasteiger charge is 2.41. The molecule has 5 rings (SSSR count). The average molecular weight is 493 g/mol. The van der Waals surface area contributed by atoms with Crippen LogP contribution in [0.4, 0.5) is 0 Å². The fourth-order valence-corrected chi connectivity index (χ4v) is 6.95. The molecular weight excluding hydrogens is 460 g/mol. The SMILES string of the molecule is CCS(=O)(=O)c1cc(C(=O)NC2CC3CCC(C2)N3Cc2ccccc2)c(OC)c2ccccc12. The summed E-state index contributed by atoms with van der Waals surface area (Å²) in [6.07, 6.45) is 4.07. The molecule has 3 aromatic carbocycles. The number of hydrogen-bond acceptors (Lipinski definition) is 5. The molecule has 2 aliphatic heterocycles. The second-order valence-electron chi connectivity index (χ2n) is 9.59. The Morgan fingerprint density at radius 3 is 2.26 bits per heavy atom. The van der Waals surface area contributed by atoms with Crippen molar-refractivity contribution < 1.29 is 17.9 Å². The van der Waals surface area contributed by atoms with Crippen LogP contribution < -0.4 is 10.1 Å². The van der Waals surface area contributed by atoms with E-state index < -0.39 is 9.84 Å². The molecule has 2 aliphatic rings. The van der Waals surface area contributed by atoms with E-state index in [4.69, 9.17) is 4.74 Å². The Balaban J connectivity index is 1.40. The number of methoxy groups -OCH3 is 1. The number of piperidine rings is 1. The Morgan fingerprint density at radius 1 is 1.00 bits per heavy atom. The van der Waals surface area contributed by atoms with Crippen molar-refractivity contribution in [3.05, 3.63) is 71.8 Å². The van der Waals surface area contributed by atoms with Gasteiger partial charge in [0.2, 0.25) is 0 Å². The number of fused-ring (bicyclic) bond motifs is 3. The lowest BCUT2D eigenvalue weighted by Gasteiger charge is -2.39. The van der Waals surface area contributed by atoms with E-state index in [1.807, 2.05) is 18.2 Å². The molecule has 0 spiro atoms. The minimum atomic E-state index is -3.53. The van der Waals surface area contributed by atoms with Gasteiger partial charge in [-0.25, -0.2) is 8.42 Å². The van der Waals surface area contributed by atoms with Crippen molar-refractivity contribution in [2.75, 3.05) is 12.9 Å². The Kier molecular flexibility index (Phi) is 6.55. The monoisotopic (exact) mass is 492 g/mol. The molecule has 0 aliphatic carbocycles. The van der Waals surface area contributed by atoms with Gasteiger partial charge in [0.05, 0.1) is 23.3 Å². The summed E-state index contributed by atoms with van der Waals surface area (Å²) in [7, 11) is -2.00. The Bertz CT molecular complexity index is 1330. The van der Waals surface area contributed by atoms with Crippen LogP contribution in [0.25, 0.3) is 10.8 Å². The van der Waals surface area contributed by atoms with E-state index in [-0.39, 0.29) is 28.2 Å². The molecule has 2 bridgehead atoms. The van der Waals surface area contributed by atoms with Gasteiger partial charge >= 0.3 is 0 Å². The Morgan fingerprint density at radius 2 is 1.63 bits per heavy atom. The van der Waals surface area contributed by atoms with Gasteiger partial charge in [-0.1, -0.05) is 61.5 Å². The third-order valence-electron chi connectivity index (χ3n) is 7.55. The smallest absolute Gasteiger partial charge is 0.255 e. The summed E-state index contributed by atoms with van der Waals surface area (Å²) < 4.78 is 31.4. The standard InChI is InChI=1S/C28H32N2O4S/c1-3-35(32,33)26-17-25(27(34-2)24-12-8-7-11-23(24)26)28(31)29-20-15-21-13-14-22(16-20)30(21)18-19-9-5-4-6-10-19/h4-12,17,20-22H,3,13-16,18H2,1-2H3,(H,29,31). The number of benzene rings is 3. The first-order chi connectivity index (χ1) is 16.9. The van der Waals surface area contributed by atoms with Gasteiger partial charge < -0.3 is 10.1 Å². The zero-order valence-corrected chi connectivity index (χ0v) is 21.1. The van der Waals surface area contributed by atoms with E-state index in [1.165, 1.54) is 18.7 Å². The molecule has 7 heteroatoms. The summed E-state index contributed by atoms with van der Waals surface area (Å²) in [6.45, 7) is 2.56. The normalized spacial score (nSPS) is 22.3. The van der Waals surface area contributed by atoms with E-state index in [9.17, 15) is 13.2 Å². The summed E-state index contributed by atoms with van der Waals surface area (Å²) in [6, 6.07) is 20.2. The average Bonchev–Trinajstić information content (AvgIpc) is 3.10. The van der Waals surface area contributed by atoms with Gasteiger partial charge in [-0.3, -0.25) is 9.69 Å². The molecular formula is C28H32N2O4S. The van der Waals surface area contributed by atoms with Crippen molar-refractivity contribution in [2.45, 2.75) is 62.2 Å². The van der Waals surface area contributed by atoms with Gasteiger partial charge in [0, 0.05) is 35.4 Å². The first-order valence-corrected chi connectivity index (χ1v) is 14.0. The molecule has 1 amide bonds. The topological polar surface area (TPSA) is 75.7 Å². The van der Waals surface area contributed by atoms with Crippen molar-refractivity contribution >= 4 is 26.5 Å². The Labute approximate surface area is 207 Å². The van der Waals surface area contributed by atoms with Crippen LogP contribution in [0.2, 0.25) is 0 Å². The summed E-state index contributed by atoms with van der Waals surface area (Å²) in [5.74, 6) is 0.104. The summed E-state index contributed by atoms with van der Waals surface area (Å²) in [5.41, 5.74) is 1.59. The van der Waals surface area contributed by atoms with Crippen molar-refractivity contribution in [1.29, 1.82) is 0 Å². The number of nitrogens with one attached hydrogen (secondary N) is 1. The van der Waals surface area contributed by atoms with Crippen molar-refractivity contribution in [3.63, 3.8) is 0 Å². The third kappa shape index (κ3) is 4.55. The molecule has 2 fully saturated rings. The molecule has 184 valence electrons. The van der Waals surface area contributed by atoms with E-state index >= 15 is 0 Å². The largest absolute Gasteiger partial charge is 0.495 e. The molecule has 0 radical (unpaired) electrons. The first-order valence-electron chi connectivity index (χ1n) is 12.3. The van der Waals surface area contributed by atoms with E-state index in [0.717, 1.165) is 32.2 Å². The van der Waals surface area contributed by atoms with Gasteiger partial charge in [-0.05, 0) is 37.3 Å². The number of sulfone groups is 1. The number of ether oxygens (including phenoxy) is 1. The Hall–Kier alpha value is -2.90. The van der Waals surface area contributed by atoms with Gasteiger partial charge in [0.15, 0.2) is 9.84 Å². The molecule has 0 aromatic heterocycles. The van der Waals surface area contributed by atoms with Crippen LogP contribution in [0.5, 0.6) is 5.75 Å². The summed E-state index contributed by atoms with van der Waals surface area (Å²) >= 11 is 0. The molecule has 2 saturated heterocycles. The maximum atomic E-state index is 13.5. The highest BCUT2D eigenvalue weighted by atomic mass is 32.2. The molecule has 1 N–H and O–H groups in total. The van der Waals surface area contributed by atoms with Crippen LogP contribution in [0.15, 0.2) is 65.6 Å². The lowest BCUT2D eigenvalue weighted by Crippen LogP contribution is -2.50. The summed E-state index contributed by atoms with van der Waals surface area (Å²) in [5, 5.41) is 4.43. The van der Waals surface area contributed by atoms with Crippen LogP contribution in [0, 0.1) is 0 Å². The number of hydrogen-bond donors (Lipinski definition) is 1. The predicted molar refractivity (Wildman–Crippen MR) is 138 cm³/mol. The van der Waals surface area contributed by atoms with Crippen molar-refractivity contribution in [1.82, 2.24) is 10.2 Å². The van der Waals surface area contributed by atoms with Gasteiger partial charge in [-0.15, -0.1) is 0 Å². The molecule has 2 atom stereocenters. The maximum absolute atomic E-state index is 13.5. The number of rotatable bonds is 7. The van der Waals surface area contributed by atoms with Crippen LogP contribution in [-0.2, 0) is 16.4 Å². The third-order valence-corrected chi connectivity index (χ3v) is 9.32. The lowest BCUT2D eigenvalue weighted by molar-refractivity contribution is 0.0825. The van der Waals surface area contributed by atoms with E-state index in [2.05, 4.69) is 34.5 Å². The quantitative estimate of drug-likeness (QED) is 0.523. The highest BCUT2D eigenvalue weighted by Crippen LogP contribution is 2.38. The predicted octanol–water partition coefficient (Wildman–Crippen LogP) is 4.57. The lowest BCUT2D eigenvalue weighted by atomic mass is 9.96. The fraction of sp³-hybridized carbons (Fsp3) is 0.393. The maximum Gasteiger partial charge on any atom is 0.255 e. The zero-order valence-electron chi connectivity index (χ0n) is 20.2. The second-order valence-corrected chi connectivity index (χ2v) is 11.8. The number of amides is 1. The van der Waals surface area contributed by atoms with Gasteiger partial charge in [-0.2, -0.15) is 0 Å². The minimum absolute atomic E-state index is 0.0341. The van der Waals surface area contributed by atoms with E-state index in [1.54, 1.807) is 19.1 Å². The van der Waals surface area contributed by atoms with Crippen LogP contribution in [0.1, 0.15) is 48.5 Å². The van der Waals surface area contributed by atoms with Gasteiger partial charge in [0.1, 0.15) is 5.75 Å². The van der Waals surface area contributed by atoms with E-state index in [0.29, 0.717) is 28.6 Å². The highest BCUT2D eigenvalue weighted by molar-refractivity contribution is 7.91. The molecule has 0 saturated carbocycles. The second kappa shape index (κ2) is 9.63. The van der Waals surface area contributed by atoms with Crippen LogP contribution in [0.3, 0.4) is 0 Å². The number of carbonyl (C=O) groups is 1. The molecule has 35 heavy (non-hydrogen) atoms. The number of carbonyl (C=O) groups excluding carboxylic acids is 1. The van der Waals surface area contributed by atoms with Crippen molar-refractivity contribution in [3.8, 4) is 5.75 Å². The van der Waals surface area contributed by atoms with Crippen LogP contribution >= 0.6 is 0 Å². The molecule has 2 heterocycles. The van der Waals surface area contributed by atoms with Crippen LogP contribution in [-0.4, -0.2) is 50.2 Å². The zero-order chi connectivity index (χ0) is 24.6. The number of nitrogens with zero attached hydrogens (tertiary/aromatic N) is 1. The minimum Gasteiger partial charge on any atom is -0.495 e. The molecule has 3 aromatic rings.